The van der Waals surface area contributed by atoms with Gasteiger partial charge in [-0.25, -0.2) is 0 Å². The van der Waals surface area contributed by atoms with Crippen LogP contribution in [0.5, 0.6) is 0 Å². The summed E-state index contributed by atoms with van der Waals surface area (Å²) in [4.78, 5) is 29.0. The molecule has 0 aliphatic heterocycles. The van der Waals surface area contributed by atoms with Crippen LogP contribution in [-0.2, 0) is 17.6 Å². The lowest BCUT2D eigenvalue weighted by Gasteiger charge is -2.13. The van der Waals surface area contributed by atoms with Gasteiger partial charge in [-0.05, 0) is 48.2 Å². The Balaban J connectivity index is 0.00000480. The smallest absolute Gasteiger partial charge is 0.253 e. The third-order valence-corrected chi connectivity index (χ3v) is 4.49. The Labute approximate surface area is 201 Å². The number of hydrogen-bond acceptors (Lipinski definition) is 3. The lowest BCUT2D eigenvalue weighted by atomic mass is 10.1. The predicted octanol–water partition coefficient (Wildman–Crippen LogP) is 2.92. The van der Waals surface area contributed by atoms with E-state index in [-0.39, 0.29) is 35.8 Å². The lowest BCUT2D eigenvalue weighted by molar-refractivity contribution is -0.114. The molecule has 168 valence electrons. The number of carbonyl (C=O) groups is 2. The molecule has 0 saturated heterocycles. The summed E-state index contributed by atoms with van der Waals surface area (Å²) in [5, 5.41) is 9.37. The van der Waals surface area contributed by atoms with Crippen molar-refractivity contribution in [2.45, 2.75) is 19.8 Å². The number of amides is 2. The highest BCUT2D eigenvalue weighted by molar-refractivity contribution is 14.0. The number of benzene rings is 2. The largest absolute Gasteiger partial charge is 0.356 e. The van der Waals surface area contributed by atoms with E-state index in [1.807, 2.05) is 48.5 Å². The number of carbonyl (C=O) groups excluding carboxylic acids is 2. The normalized spacial score (nSPS) is 10.6. The summed E-state index contributed by atoms with van der Waals surface area (Å²) < 4.78 is 0. The molecule has 0 aliphatic rings. The Morgan fingerprint density at radius 3 is 2.10 bits per heavy atom. The highest BCUT2D eigenvalue weighted by atomic mass is 127. The van der Waals surface area contributed by atoms with Gasteiger partial charge in [0.1, 0.15) is 0 Å². The zero-order valence-corrected chi connectivity index (χ0v) is 20.9. The number of rotatable bonds is 8. The molecule has 0 atom stereocenters. The molecule has 0 fully saturated rings. The average molecular weight is 537 g/mol. The van der Waals surface area contributed by atoms with Gasteiger partial charge < -0.3 is 20.9 Å². The van der Waals surface area contributed by atoms with E-state index in [0.29, 0.717) is 12.1 Å². The summed E-state index contributed by atoms with van der Waals surface area (Å²) in [7, 11) is 5.25. The van der Waals surface area contributed by atoms with E-state index in [4.69, 9.17) is 0 Å². The van der Waals surface area contributed by atoms with Crippen LogP contribution in [0.2, 0.25) is 0 Å². The van der Waals surface area contributed by atoms with Crippen molar-refractivity contribution in [2.24, 2.45) is 4.99 Å². The van der Waals surface area contributed by atoms with Gasteiger partial charge in [-0.3, -0.25) is 14.6 Å². The second-order valence-electron chi connectivity index (χ2n) is 7.20. The first kappa shape index (κ1) is 26.4. The zero-order valence-electron chi connectivity index (χ0n) is 18.6. The molecule has 0 radical (unpaired) electrons. The first-order valence-electron chi connectivity index (χ1n) is 10.0. The zero-order chi connectivity index (χ0) is 21.9. The minimum atomic E-state index is -0.0738. The number of halogens is 1. The minimum absolute atomic E-state index is 0. The molecule has 2 aromatic carbocycles. The first-order valence-corrected chi connectivity index (χ1v) is 10.0. The standard InChI is InChI=1S/C23H31N5O2.HI/c1-17(29)27-21-10-8-18(9-11-21)12-14-25-23(24-2)26-15-13-19-6-5-7-20(16-19)22(30)28(3)4;/h5-11,16H,12-15H2,1-4H3,(H,27,29)(H2,24,25,26);1H. The van der Waals surface area contributed by atoms with Crippen molar-refractivity contribution in [1.29, 1.82) is 0 Å². The molecule has 2 aromatic rings. The molecular weight excluding hydrogens is 505 g/mol. The molecule has 8 heteroatoms. The predicted molar refractivity (Wildman–Crippen MR) is 137 cm³/mol. The summed E-state index contributed by atoms with van der Waals surface area (Å²) in [6, 6.07) is 15.5. The van der Waals surface area contributed by atoms with Crippen LogP contribution in [0.25, 0.3) is 0 Å². The fourth-order valence-corrected chi connectivity index (χ4v) is 2.95. The molecule has 0 unspecified atom stereocenters. The number of nitrogens with one attached hydrogen (secondary N) is 3. The summed E-state index contributed by atoms with van der Waals surface area (Å²) >= 11 is 0. The number of nitrogens with zero attached hydrogens (tertiary/aromatic N) is 2. The van der Waals surface area contributed by atoms with Crippen LogP contribution >= 0.6 is 24.0 Å². The quantitative estimate of drug-likeness (QED) is 0.275. The van der Waals surface area contributed by atoms with Crippen molar-refractivity contribution in [1.82, 2.24) is 15.5 Å². The van der Waals surface area contributed by atoms with Crippen molar-refractivity contribution in [3.8, 4) is 0 Å². The molecule has 0 heterocycles. The van der Waals surface area contributed by atoms with Crippen molar-refractivity contribution < 1.29 is 9.59 Å². The van der Waals surface area contributed by atoms with Gasteiger partial charge in [0.25, 0.3) is 5.91 Å². The molecule has 7 nitrogen and oxygen atoms in total. The van der Waals surface area contributed by atoms with Crippen LogP contribution < -0.4 is 16.0 Å². The van der Waals surface area contributed by atoms with Crippen molar-refractivity contribution >= 4 is 47.4 Å². The Hall–Kier alpha value is -2.62. The maximum absolute atomic E-state index is 12.1. The molecule has 0 bridgehead atoms. The van der Waals surface area contributed by atoms with Gasteiger partial charge in [0.05, 0.1) is 0 Å². The van der Waals surface area contributed by atoms with E-state index in [2.05, 4.69) is 20.9 Å². The van der Waals surface area contributed by atoms with Gasteiger partial charge in [-0.1, -0.05) is 24.3 Å². The maximum atomic E-state index is 12.1. The fourth-order valence-electron chi connectivity index (χ4n) is 2.95. The lowest BCUT2D eigenvalue weighted by Crippen LogP contribution is -2.39. The van der Waals surface area contributed by atoms with Gasteiger partial charge in [0.2, 0.25) is 5.91 Å². The number of hydrogen-bond donors (Lipinski definition) is 3. The second kappa shape index (κ2) is 13.6. The fraction of sp³-hybridized carbons (Fsp3) is 0.348. The topological polar surface area (TPSA) is 85.8 Å². The van der Waals surface area contributed by atoms with Crippen LogP contribution in [0.15, 0.2) is 53.5 Å². The number of guanidine groups is 1. The van der Waals surface area contributed by atoms with Crippen LogP contribution in [0.3, 0.4) is 0 Å². The Bertz CT molecular complexity index is 882. The van der Waals surface area contributed by atoms with Crippen LogP contribution in [0.1, 0.15) is 28.4 Å². The number of anilines is 1. The molecule has 2 amide bonds. The second-order valence-corrected chi connectivity index (χ2v) is 7.20. The molecule has 0 aliphatic carbocycles. The van der Waals surface area contributed by atoms with Gasteiger partial charge in [0, 0.05) is 52.4 Å². The third-order valence-electron chi connectivity index (χ3n) is 4.49. The number of aliphatic imine (C=N–C) groups is 1. The molecule has 0 saturated carbocycles. The SMILES string of the molecule is CN=C(NCCc1ccc(NC(C)=O)cc1)NCCc1cccc(C(=O)N(C)C)c1.I. The molecule has 0 aromatic heterocycles. The van der Waals surface area contributed by atoms with Crippen LogP contribution in [0.4, 0.5) is 5.69 Å². The van der Waals surface area contributed by atoms with E-state index < -0.39 is 0 Å². The average Bonchev–Trinajstić information content (AvgIpc) is 2.73. The Morgan fingerprint density at radius 2 is 1.55 bits per heavy atom. The molecule has 3 N–H and O–H groups in total. The summed E-state index contributed by atoms with van der Waals surface area (Å²) in [5.41, 5.74) is 3.77. The van der Waals surface area contributed by atoms with E-state index in [1.165, 1.54) is 12.5 Å². The Kier molecular flexibility index (Phi) is 11.6. The summed E-state index contributed by atoms with van der Waals surface area (Å²) in [5.74, 6) is 0.674. The Morgan fingerprint density at radius 1 is 0.935 bits per heavy atom. The maximum Gasteiger partial charge on any atom is 0.253 e. The summed E-state index contributed by atoms with van der Waals surface area (Å²) in [6.07, 6.45) is 1.63. The van der Waals surface area contributed by atoms with E-state index in [9.17, 15) is 9.59 Å². The summed E-state index contributed by atoms with van der Waals surface area (Å²) in [6.45, 7) is 2.95. The highest BCUT2D eigenvalue weighted by Crippen LogP contribution is 2.10. The van der Waals surface area contributed by atoms with Crippen molar-refractivity contribution in [3.63, 3.8) is 0 Å². The van der Waals surface area contributed by atoms with Gasteiger partial charge in [-0.15, -0.1) is 24.0 Å². The van der Waals surface area contributed by atoms with Crippen LogP contribution in [-0.4, -0.2) is 56.9 Å². The van der Waals surface area contributed by atoms with Gasteiger partial charge in [0.15, 0.2) is 5.96 Å². The molecule has 2 rings (SSSR count). The molecule has 31 heavy (non-hydrogen) atoms. The third kappa shape index (κ3) is 9.37. The van der Waals surface area contributed by atoms with E-state index in [1.54, 1.807) is 26.0 Å². The first-order chi connectivity index (χ1) is 14.4. The van der Waals surface area contributed by atoms with E-state index in [0.717, 1.165) is 36.6 Å². The van der Waals surface area contributed by atoms with E-state index >= 15 is 0 Å². The highest BCUT2D eigenvalue weighted by Gasteiger charge is 2.08. The molecular formula is C23H32IN5O2. The van der Waals surface area contributed by atoms with Crippen LogP contribution in [0, 0.1) is 0 Å². The van der Waals surface area contributed by atoms with Crippen molar-refractivity contribution in [2.75, 3.05) is 39.5 Å². The minimum Gasteiger partial charge on any atom is -0.356 e. The molecule has 0 spiro atoms. The van der Waals surface area contributed by atoms with Crippen molar-refractivity contribution in [3.05, 3.63) is 65.2 Å². The monoisotopic (exact) mass is 537 g/mol. The van der Waals surface area contributed by atoms with Gasteiger partial charge in [-0.2, -0.15) is 0 Å². The van der Waals surface area contributed by atoms with Gasteiger partial charge >= 0.3 is 0 Å².